The summed E-state index contributed by atoms with van der Waals surface area (Å²) in [6, 6.07) is 0. The lowest BCUT2D eigenvalue weighted by Crippen LogP contribution is -2.31. The average Bonchev–Trinajstić information content (AvgIpc) is 2.62. The van der Waals surface area contributed by atoms with Gasteiger partial charge in [0.1, 0.15) is 0 Å². The van der Waals surface area contributed by atoms with Gasteiger partial charge < -0.3 is 5.32 Å². The summed E-state index contributed by atoms with van der Waals surface area (Å²) in [7, 11) is -3.06. The molecule has 1 rings (SSSR count). The van der Waals surface area contributed by atoms with E-state index < -0.39 is 10.0 Å². The zero-order valence-corrected chi connectivity index (χ0v) is 12.1. The van der Waals surface area contributed by atoms with Crippen molar-refractivity contribution >= 4 is 26.5 Å². The second kappa shape index (κ2) is 6.32. The summed E-state index contributed by atoms with van der Waals surface area (Å²) in [5.41, 5.74) is 1.00. The normalized spacial score (nSPS) is 12.0. The number of rotatable bonds is 7. The van der Waals surface area contributed by atoms with E-state index in [2.05, 4.69) is 10.3 Å². The summed E-state index contributed by atoms with van der Waals surface area (Å²) in [4.78, 5) is 4.27. The molecule has 1 N–H and O–H groups in total. The molecular formula is C10H19N3O2S2. The molecule has 0 aliphatic carbocycles. The largest absolute Gasteiger partial charge is 0.361 e. The molecule has 1 aromatic rings. The quantitative estimate of drug-likeness (QED) is 0.768. The molecule has 98 valence electrons. The third-order valence-electron chi connectivity index (χ3n) is 2.30. The maximum Gasteiger partial charge on any atom is 0.211 e. The number of nitrogens with zero attached hydrogens (tertiary/aromatic N) is 2. The van der Waals surface area contributed by atoms with Crippen LogP contribution in [-0.4, -0.2) is 43.6 Å². The molecule has 1 heterocycles. The zero-order chi connectivity index (χ0) is 12.9. The Balaban J connectivity index is 2.28. The maximum absolute atomic E-state index is 11.3. The predicted molar refractivity (Wildman–Crippen MR) is 72.0 cm³/mol. The van der Waals surface area contributed by atoms with E-state index in [0.717, 1.165) is 23.8 Å². The van der Waals surface area contributed by atoms with Crippen LogP contribution < -0.4 is 5.32 Å². The molecule has 1 aromatic heterocycles. The van der Waals surface area contributed by atoms with Gasteiger partial charge in [-0.2, -0.15) is 0 Å². The van der Waals surface area contributed by atoms with Gasteiger partial charge in [0.05, 0.1) is 11.9 Å². The summed E-state index contributed by atoms with van der Waals surface area (Å²) in [6.45, 7) is 5.60. The number of aromatic nitrogens is 1. The highest BCUT2D eigenvalue weighted by Crippen LogP contribution is 2.14. The van der Waals surface area contributed by atoms with Gasteiger partial charge in [-0.25, -0.2) is 17.7 Å². The standard InChI is InChI=1S/C10H19N3O2S2/c1-4-13(17(3,14)15)7-5-6-11-10-12-9(2)8-16-10/h8H,4-7H2,1-3H3,(H,11,12). The van der Waals surface area contributed by atoms with E-state index in [0.29, 0.717) is 13.1 Å². The molecule has 0 aromatic carbocycles. The van der Waals surface area contributed by atoms with Crippen LogP contribution in [0.3, 0.4) is 0 Å². The summed E-state index contributed by atoms with van der Waals surface area (Å²) in [6.07, 6.45) is 2.02. The molecule has 0 fully saturated rings. The third kappa shape index (κ3) is 5.01. The molecule has 7 heteroatoms. The van der Waals surface area contributed by atoms with Crippen LogP contribution in [0.5, 0.6) is 0 Å². The topological polar surface area (TPSA) is 62.3 Å². The van der Waals surface area contributed by atoms with Gasteiger partial charge in [0, 0.05) is 25.0 Å². The van der Waals surface area contributed by atoms with Crippen molar-refractivity contribution in [1.82, 2.24) is 9.29 Å². The van der Waals surface area contributed by atoms with Gasteiger partial charge >= 0.3 is 0 Å². The Kier molecular flexibility index (Phi) is 5.35. The number of aryl methyl sites for hydroxylation is 1. The Morgan fingerprint density at radius 1 is 1.53 bits per heavy atom. The van der Waals surface area contributed by atoms with E-state index in [-0.39, 0.29) is 0 Å². The Hall–Kier alpha value is -0.660. The van der Waals surface area contributed by atoms with Crippen molar-refractivity contribution in [2.45, 2.75) is 20.3 Å². The predicted octanol–water partition coefficient (Wildman–Crippen LogP) is 1.54. The minimum Gasteiger partial charge on any atom is -0.361 e. The van der Waals surface area contributed by atoms with Gasteiger partial charge in [-0.15, -0.1) is 11.3 Å². The van der Waals surface area contributed by atoms with Crippen LogP contribution in [0.15, 0.2) is 5.38 Å². The molecule has 5 nitrogen and oxygen atoms in total. The Labute approximate surface area is 107 Å². The molecule has 17 heavy (non-hydrogen) atoms. The molecule has 0 aliphatic rings. The summed E-state index contributed by atoms with van der Waals surface area (Å²) >= 11 is 1.57. The van der Waals surface area contributed by atoms with Crippen LogP contribution in [0.25, 0.3) is 0 Å². The lowest BCUT2D eigenvalue weighted by molar-refractivity contribution is 0.429. The first-order valence-corrected chi connectivity index (χ1v) is 8.27. The fraction of sp³-hybridized carbons (Fsp3) is 0.700. The van der Waals surface area contributed by atoms with Crippen molar-refractivity contribution in [3.05, 3.63) is 11.1 Å². The van der Waals surface area contributed by atoms with Crippen LogP contribution >= 0.6 is 11.3 Å². The minimum absolute atomic E-state index is 0.523. The first kappa shape index (κ1) is 14.4. The number of nitrogens with one attached hydrogen (secondary N) is 1. The summed E-state index contributed by atoms with van der Waals surface area (Å²) < 4.78 is 24.1. The van der Waals surface area contributed by atoms with Crippen molar-refractivity contribution in [2.24, 2.45) is 0 Å². The smallest absolute Gasteiger partial charge is 0.211 e. The van der Waals surface area contributed by atoms with Gasteiger partial charge in [0.2, 0.25) is 10.0 Å². The van der Waals surface area contributed by atoms with Crippen LogP contribution in [-0.2, 0) is 10.0 Å². The average molecular weight is 277 g/mol. The van der Waals surface area contributed by atoms with Gasteiger partial charge in [-0.3, -0.25) is 0 Å². The lowest BCUT2D eigenvalue weighted by Gasteiger charge is -2.17. The van der Waals surface area contributed by atoms with Crippen molar-refractivity contribution in [1.29, 1.82) is 0 Å². The molecule has 0 amide bonds. The molecule has 0 saturated carbocycles. The second-order valence-electron chi connectivity index (χ2n) is 3.83. The van der Waals surface area contributed by atoms with E-state index in [1.807, 2.05) is 19.2 Å². The van der Waals surface area contributed by atoms with E-state index in [1.54, 1.807) is 11.3 Å². The molecule has 0 spiro atoms. The number of thiazole rings is 1. The van der Waals surface area contributed by atoms with Gasteiger partial charge in [-0.05, 0) is 13.3 Å². The Morgan fingerprint density at radius 2 is 2.24 bits per heavy atom. The van der Waals surface area contributed by atoms with E-state index >= 15 is 0 Å². The maximum atomic E-state index is 11.3. The molecule has 0 unspecified atom stereocenters. The summed E-state index contributed by atoms with van der Waals surface area (Å²) in [5.74, 6) is 0. The van der Waals surface area contributed by atoms with Crippen molar-refractivity contribution in [3.63, 3.8) is 0 Å². The molecule has 0 atom stereocenters. The number of hydrogen-bond acceptors (Lipinski definition) is 5. The number of sulfonamides is 1. The van der Waals surface area contributed by atoms with Crippen molar-refractivity contribution < 1.29 is 8.42 Å². The second-order valence-corrected chi connectivity index (χ2v) is 6.67. The van der Waals surface area contributed by atoms with E-state index in [1.165, 1.54) is 10.6 Å². The van der Waals surface area contributed by atoms with Crippen LogP contribution in [0, 0.1) is 6.92 Å². The first-order chi connectivity index (χ1) is 7.93. The molecule has 0 radical (unpaired) electrons. The highest BCUT2D eigenvalue weighted by atomic mass is 32.2. The zero-order valence-electron chi connectivity index (χ0n) is 10.4. The highest BCUT2D eigenvalue weighted by molar-refractivity contribution is 7.88. The molecular weight excluding hydrogens is 258 g/mol. The SMILES string of the molecule is CCN(CCCNc1nc(C)cs1)S(C)(=O)=O. The lowest BCUT2D eigenvalue weighted by atomic mass is 10.4. The number of anilines is 1. The monoisotopic (exact) mass is 277 g/mol. The van der Waals surface area contributed by atoms with Crippen LogP contribution in [0.2, 0.25) is 0 Å². The molecule has 0 aliphatic heterocycles. The van der Waals surface area contributed by atoms with E-state index in [4.69, 9.17) is 0 Å². The Morgan fingerprint density at radius 3 is 2.71 bits per heavy atom. The van der Waals surface area contributed by atoms with Gasteiger partial charge in [0.25, 0.3) is 0 Å². The van der Waals surface area contributed by atoms with Crippen LogP contribution in [0.1, 0.15) is 19.0 Å². The third-order valence-corrected chi connectivity index (χ3v) is 4.60. The van der Waals surface area contributed by atoms with Crippen molar-refractivity contribution in [3.8, 4) is 0 Å². The molecule has 0 saturated heterocycles. The van der Waals surface area contributed by atoms with Gasteiger partial charge in [-0.1, -0.05) is 6.92 Å². The molecule has 0 bridgehead atoms. The highest BCUT2D eigenvalue weighted by Gasteiger charge is 2.12. The Bertz CT molecular complexity index is 442. The van der Waals surface area contributed by atoms with Gasteiger partial charge in [0.15, 0.2) is 5.13 Å². The number of hydrogen-bond donors (Lipinski definition) is 1. The first-order valence-electron chi connectivity index (χ1n) is 5.54. The van der Waals surface area contributed by atoms with Crippen molar-refractivity contribution in [2.75, 3.05) is 31.2 Å². The van der Waals surface area contributed by atoms with E-state index in [9.17, 15) is 8.42 Å². The minimum atomic E-state index is -3.06. The van der Waals surface area contributed by atoms with Crippen LogP contribution in [0.4, 0.5) is 5.13 Å². The summed E-state index contributed by atoms with van der Waals surface area (Å²) in [5, 5.41) is 6.06. The fourth-order valence-corrected chi connectivity index (χ4v) is 3.09. The fourth-order valence-electron chi connectivity index (χ4n) is 1.44.